The van der Waals surface area contributed by atoms with E-state index >= 15 is 0 Å². The highest BCUT2D eigenvalue weighted by Gasteiger charge is 2.10. The lowest BCUT2D eigenvalue weighted by atomic mass is 10.2. The van der Waals surface area contributed by atoms with Crippen LogP contribution in [-0.2, 0) is 0 Å². The predicted molar refractivity (Wildman–Crippen MR) is 78.7 cm³/mol. The summed E-state index contributed by atoms with van der Waals surface area (Å²) in [5, 5.41) is 3.38. The number of aromatic nitrogens is 2. The molecule has 19 heavy (non-hydrogen) atoms. The Bertz CT molecular complexity index is 529. The highest BCUT2D eigenvalue weighted by atomic mass is 15.2. The number of nitrogens with one attached hydrogen (secondary N) is 2. The largest absolute Gasteiger partial charge is 0.373 e. The van der Waals surface area contributed by atoms with E-state index in [2.05, 4.69) is 50.3 Å². The second kappa shape index (κ2) is 5.59. The lowest BCUT2D eigenvalue weighted by Gasteiger charge is -2.29. The summed E-state index contributed by atoms with van der Waals surface area (Å²) in [6.45, 7) is 6.73. The Morgan fingerprint density at radius 2 is 2.16 bits per heavy atom. The smallest absolute Gasteiger partial charge is 0.0931 e. The molecule has 2 aromatic rings. The van der Waals surface area contributed by atoms with Crippen LogP contribution in [-0.4, -0.2) is 61.2 Å². The molecule has 102 valence electrons. The molecule has 1 saturated heterocycles. The highest BCUT2D eigenvalue weighted by molar-refractivity contribution is 5.78. The van der Waals surface area contributed by atoms with Gasteiger partial charge in [0.05, 0.1) is 17.4 Å². The molecule has 0 unspecified atom stereocenters. The van der Waals surface area contributed by atoms with E-state index in [4.69, 9.17) is 0 Å². The Balaban J connectivity index is 1.60. The fourth-order valence-electron chi connectivity index (χ4n) is 2.52. The molecular weight excluding hydrogens is 238 g/mol. The third-order valence-electron chi connectivity index (χ3n) is 3.81. The third-order valence-corrected chi connectivity index (χ3v) is 3.81. The van der Waals surface area contributed by atoms with E-state index in [1.165, 1.54) is 5.69 Å². The van der Waals surface area contributed by atoms with Crippen LogP contribution in [0.5, 0.6) is 0 Å². The van der Waals surface area contributed by atoms with Crippen molar-refractivity contribution < 1.29 is 0 Å². The van der Waals surface area contributed by atoms with Crippen molar-refractivity contribution in [2.75, 3.05) is 51.2 Å². The molecule has 0 aliphatic carbocycles. The SMILES string of the molecule is CN(CCN1CCNCC1)c1ccc2nc[nH]c2c1. The minimum absolute atomic E-state index is 1.03. The quantitative estimate of drug-likeness (QED) is 0.856. The van der Waals surface area contributed by atoms with Crippen molar-refractivity contribution in [1.82, 2.24) is 20.2 Å². The van der Waals surface area contributed by atoms with E-state index in [0.717, 1.165) is 50.3 Å². The van der Waals surface area contributed by atoms with Gasteiger partial charge < -0.3 is 15.2 Å². The van der Waals surface area contributed by atoms with Crippen molar-refractivity contribution in [3.8, 4) is 0 Å². The van der Waals surface area contributed by atoms with Crippen LogP contribution in [0.2, 0.25) is 0 Å². The molecule has 0 radical (unpaired) electrons. The van der Waals surface area contributed by atoms with Gasteiger partial charge in [-0.1, -0.05) is 0 Å². The number of anilines is 1. The lowest BCUT2D eigenvalue weighted by Crippen LogP contribution is -2.46. The molecule has 1 aliphatic rings. The van der Waals surface area contributed by atoms with E-state index in [0.29, 0.717) is 0 Å². The van der Waals surface area contributed by atoms with E-state index in [1.54, 1.807) is 6.33 Å². The second-order valence-electron chi connectivity index (χ2n) is 5.12. The molecule has 5 nitrogen and oxygen atoms in total. The van der Waals surface area contributed by atoms with Gasteiger partial charge in [0.25, 0.3) is 0 Å². The molecule has 0 saturated carbocycles. The zero-order valence-electron chi connectivity index (χ0n) is 11.4. The van der Waals surface area contributed by atoms with Gasteiger partial charge in [-0.2, -0.15) is 0 Å². The Kier molecular flexibility index (Phi) is 3.66. The van der Waals surface area contributed by atoms with Gasteiger partial charge in [-0.3, -0.25) is 4.90 Å². The molecule has 1 aromatic carbocycles. The zero-order valence-corrected chi connectivity index (χ0v) is 11.4. The molecular formula is C14H21N5. The zero-order chi connectivity index (χ0) is 13.1. The van der Waals surface area contributed by atoms with Crippen LogP contribution in [0.1, 0.15) is 0 Å². The molecule has 5 heteroatoms. The average Bonchev–Trinajstić information content (AvgIpc) is 2.93. The average molecular weight is 259 g/mol. The summed E-state index contributed by atoms with van der Waals surface area (Å²) in [5.74, 6) is 0. The van der Waals surface area contributed by atoms with Crippen molar-refractivity contribution in [1.29, 1.82) is 0 Å². The maximum Gasteiger partial charge on any atom is 0.0931 e. The number of nitrogens with zero attached hydrogens (tertiary/aromatic N) is 3. The fourth-order valence-corrected chi connectivity index (χ4v) is 2.52. The van der Waals surface area contributed by atoms with Gasteiger partial charge in [0, 0.05) is 52.0 Å². The molecule has 2 heterocycles. The number of hydrogen-bond acceptors (Lipinski definition) is 4. The van der Waals surface area contributed by atoms with Gasteiger partial charge in [-0.15, -0.1) is 0 Å². The number of piperazine rings is 1. The monoisotopic (exact) mass is 259 g/mol. The number of hydrogen-bond donors (Lipinski definition) is 2. The van der Waals surface area contributed by atoms with Crippen LogP contribution < -0.4 is 10.2 Å². The van der Waals surface area contributed by atoms with Gasteiger partial charge in [0.2, 0.25) is 0 Å². The number of fused-ring (bicyclic) bond motifs is 1. The summed E-state index contributed by atoms with van der Waals surface area (Å²) in [7, 11) is 2.15. The topological polar surface area (TPSA) is 47.2 Å². The lowest BCUT2D eigenvalue weighted by molar-refractivity contribution is 0.246. The Hall–Kier alpha value is -1.59. The standard InChI is InChI=1S/C14H21N5/c1-18(8-9-19-6-4-15-5-7-19)12-2-3-13-14(10-12)17-11-16-13/h2-3,10-11,15H,4-9H2,1H3,(H,16,17). The highest BCUT2D eigenvalue weighted by Crippen LogP contribution is 2.18. The van der Waals surface area contributed by atoms with Crippen molar-refractivity contribution in [2.45, 2.75) is 0 Å². The van der Waals surface area contributed by atoms with Crippen LogP contribution in [0.25, 0.3) is 11.0 Å². The van der Waals surface area contributed by atoms with Gasteiger partial charge >= 0.3 is 0 Å². The van der Waals surface area contributed by atoms with Gasteiger partial charge in [0.1, 0.15) is 0 Å². The number of imidazole rings is 1. The van der Waals surface area contributed by atoms with Crippen LogP contribution in [0, 0.1) is 0 Å². The molecule has 0 spiro atoms. The third kappa shape index (κ3) is 2.88. The second-order valence-corrected chi connectivity index (χ2v) is 5.12. The van der Waals surface area contributed by atoms with E-state index in [9.17, 15) is 0 Å². The van der Waals surface area contributed by atoms with Crippen LogP contribution in [0.3, 0.4) is 0 Å². The summed E-state index contributed by atoms with van der Waals surface area (Å²) in [6.07, 6.45) is 1.75. The van der Waals surface area contributed by atoms with Gasteiger partial charge in [-0.05, 0) is 18.2 Å². The minimum Gasteiger partial charge on any atom is -0.373 e. The number of aromatic amines is 1. The Morgan fingerprint density at radius 1 is 1.32 bits per heavy atom. The number of H-pyrrole nitrogens is 1. The van der Waals surface area contributed by atoms with Gasteiger partial charge in [-0.25, -0.2) is 4.98 Å². The van der Waals surface area contributed by atoms with Crippen LogP contribution >= 0.6 is 0 Å². The van der Waals surface area contributed by atoms with Crippen molar-refractivity contribution in [3.05, 3.63) is 24.5 Å². The first-order valence-electron chi connectivity index (χ1n) is 6.90. The van der Waals surface area contributed by atoms with E-state index < -0.39 is 0 Å². The maximum absolute atomic E-state index is 4.25. The van der Waals surface area contributed by atoms with Gasteiger partial charge in [0.15, 0.2) is 0 Å². The minimum atomic E-state index is 1.03. The Labute approximate surface area is 113 Å². The first-order valence-corrected chi connectivity index (χ1v) is 6.90. The number of rotatable bonds is 4. The first kappa shape index (κ1) is 12.4. The summed E-state index contributed by atoms with van der Waals surface area (Å²) in [4.78, 5) is 12.2. The molecule has 1 aliphatic heterocycles. The maximum atomic E-state index is 4.25. The van der Waals surface area contributed by atoms with Crippen LogP contribution in [0.4, 0.5) is 5.69 Å². The summed E-state index contributed by atoms with van der Waals surface area (Å²) in [6, 6.07) is 6.38. The van der Waals surface area contributed by atoms with E-state index in [-0.39, 0.29) is 0 Å². The van der Waals surface area contributed by atoms with E-state index in [1.807, 2.05) is 0 Å². The summed E-state index contributed by atoms with van der Waals surface area (Å²) >= 11 is 0. The summed E-state index contributed by atoms with van der Waals surface area (Å²) < 4.78 is 0. The molecule has 0 amide bonds. The Morgan fingerprint density at radius 3 is 3.00 bits per heavy atom. The first-order chi connectivity index (χ1) is 9.33. The molecule has 2 N–H and O–H groups in total. The van der Waals surface area contributed by atoms with Crippen LogP contribution in [0.15, 0.2) is 24.5 Å². The predicted octanol–water partition coefficient (Wildman–Crippen LogP) is 0.904. The molecule has 3 rings (SSSR count). The normalized spacial score (nSPS) is 16.9. The van der Waals surface area contributed by atoms with Crippen molar-refractivity contribution in [3.63, 3.8) is 0 Å². The number of likely N-dealkylation sites (N-methyl/N-ethyl adjacent to an activating group) is 1. The summed E-state index contributed by atoms with van der Waals surface area (Å²) in [5.41, 5.74) is 3.37. The number of benzene rings is 1. The fraction of sp³-hybridized carbons (Fsp3) is 0.500. The van der Waals surface area contributed by atoms with Crippen molar-refractivity contribution >= 4 is 16.7 Å². The molecule has 0 atom stereocenters. The molecule has 0 bridgehead atoms. The molecule has 1 fully saturated rings. The molecule has 1 aromatic heterocycles. The van der Waals surface area contributed by atoms with Crippen molar-refractivity contribution in [2.24, 2.45) is 0 Å².